The molecule has 18 heavy (non-hydrogen) atoms. The molecule has 0 saturated heterocycles. The molecule has 4 heteroatoms. The maximum Gasteiger partial charge on any atom is 0.222 e. The summed E-state index contributed by atoms with van der Waals surface area (Å²) in [5, 5.41) is 0. The number of hydrogen-bond donors (Lipinski definition) is 0. The molecule has 0 aliphatic carbocycles. The molecule has 0 fully saturated rings. The van der Waals surface area contributed by atoms with Crippen LogP contribution in [0.4, 0.5) is 0 Å². The Morgan fingerprint density at radius 1 is 1.17 bits per heavy atom. The lowest BCUT2D eigenvalue weighted by molar-refractivity contribution is 0.399. The Hall–Kier alpha value is -2.36. The second-order valence-corrected chi connectivity index (χ2v) is 4.03. The highest BCUT2D eigenvalue weighted by atomic mass is 16.5. The Kier molecular flexibility index (Phi) is 2.48. The van der Waals surface area contributed by atoms with Gasteiger partial charge in [0.15, 0.2) is 0 Å². The molecule has 0 aromatic carbocycles. The van der Waals surface area contributed by atoms with Gasteiger partial charge >= 0.3 is 0 Å². The van der Waals surface area contributed by atoms with E-state index in [0.717, 1.165) is 22.6 Å². The first-order valence-electron chi connectivity index (χ1n) is 5.74. The number of pyridine rings is 2. The molecule has 0 spiro atoms. The second kappa shape index (κ2) is 4.14. The first-order chi connectivity index (χ1) is 8.81. The smallest absolute Gasteiger partial charge is 0.222 e. The Labute approximate surface area is 105 Å². The summed E-state index contributed by atoms with van der Waals surface area (Å²) in [6.07, 6.45) is 3.72. The summed E-state index contributed by atoms with van der Waals surface area (Å²) in [4.78, 5) is 8.85. The van der Waals surface area contributed by atoms with Gasteiger partial charge in [-0.15, -0.1) is 0 Å². The number of aryl methyl sites for hydroxylation is 1. The molecule has 0 radical (unpaired) electrons. The van der Waals surface area contributed by atoms with Crippen molar-refractivity contribution in [3.63, 3.8) is 0 Å². The SMILES string of the molecule is COc1ncccc1-c1nc2ccccn2c1C. The average Bonchev–Trinajstić information content (AvgIpc) is 2.76. The number of fused-ring (bicyclic) bond motifs is 1. The highest BCUT2D eigenvalue weighted by molar-refractivity contribution is 5.70. The molecule has 0 bridgehead atoms. The molecule has 90 valence electrons. The molecular weight excluding hydrogens is 226 g/mol. The number of rotatable bonds is 2. The van der Waals surface area contributed by atoms with Crippen molar-refractivity contribution in [3.05, 3.63) is 48.4 Å². The van der Waals surface area contributed by atoms with Crippen LogP contribution in [0.15, 0.2) is 42.7 Å². The minimum atomic E-state index is 0.601. The quantitative estimate of drug-likeness (QED) is 0.690. The first-order valence-corrected chi connectivity index (χ1v) is 5.74. The third-order valence-corrected chi connectivity index (χ3v) is 2.99. The molecule has 4 nitrogen and oxygen atoms in total. The van der Waals surface area contributed by atoms with E-state index in [4.69, 9.17) is 4.74 Å². The lowest BCUT2D eigenvalue weighted by Crippen LogP contribution is -1.92. The van der Waals surface area contributed by atoms with E-state index in [9.17, 15) is 0 Å². The van der Waals surface area contributed by atoms with Gasteiger partial charge in [0.2, 0.25) is 5.88 Å². The fraction of sp³-hybridized carbons (Fsp3) is 0.143. The Balaban J connectivity index is 2.28. The maximum atomic E-state index is 5.29. The second-order valence-electron chi connectivity index (χ2n) is 4.03. The number of nitrogens with zero attached hydrogens (tertiary/aromatic N) is 3. The van der Waals surface area contributed by atoms with Gasteiger partial charge in [-0.05, 0) is 31.2 Å². The van der Waals surface area contributed by atoms with E-state index in [2.05, 4.69) is 14.4 Å². The van der Waals surface area contributed by atoms with Gasteiger partial charge in [0.05, 0.1) is 18.4 Å². The van der Waals surface area contributed by atoms with Crippen molar-refractivity contribution in [1.29, 1.82) is 0 Å². The molecule has 3 rings (SSSR count). The van der Waals surface area contributed by atoms with Crippen molar-refractivity contribution >= 4 is 5.65 Å². The molecule has 0 atom stereocenters. The van der Waals surface area contributed by atoms with Gasteiger partial charge in [0.1, 0.15) is 5.65 Å². The average molecular weight is 239 g/mol. The van der Waals surface area contributed by atoms with Gasteiger partial charge in [-0.2, -0.15) is 0 Å². The lowest BCUT2D eigenvalue weighted by atomic mass is 10.1. The molecule has 0 N–H and O–H groups in total. The van der Waals surface area contributed by atoms with Crippen LogP contribution in [0.3, 0.4) is 0 Å². The number of aromatic nitrogens is 3. The van der Waals surface area contributed by atoms with E-state index in [-0.39, 0.29) is 0 Å². The fourth-order valence-electron chi connectivity index (χ4n) is 2.11. The van der Waals surface area contributed by atoms with Gasteiger partial charge in [-0.25, -0.2) is 9.97 Å². The summed E-state index contributed by atoms with van der Waals surface area (Å²) in [5.41, 5.74) is 3.83. The zero-order valence-corrected chi connectivity index (χ0v) is 10.3. The van der Waals surface area contributed by atoms with Crippen LogP contribution in [0, 0.1) is 6.92 Å². The van der Waals surface area contributed by atoms with Crippen LogP contribution in [-0.4, -0.2) is 21.5 Å². The molecule has 3 aromatic heterocycles. The molecule has 3 heterocycles. The molecule has 3 aromatic rings. The van der Waals surface area contributed by atoms with E-state index >= 15 is 0 Å². The highest BCUT2D eigenvalue weighted by Crippen LogP contribution is 2.29. The Morgan fingerprint density at radius 2 is 2.06 bits per heavy atom. The number of imidazole rings is 1. The summed E-state index contributed by atoms with van der Waals surface area (Å²) in [7, 11) is 1.62. The van der Waals surface area contributed by atoms with Crippen LogP contribution in [0.1, 0.15) is 5.69 Å². The van der Waals surface area contributed by atoms with Gasteiger partial charge in [-0.1, -0.05) is 6.07 Å². The molecule has 0 aliphatic heterocycles. The summed E-state index contributed by atoms with van der Waals surface area (Å²) in [5.74, 6) is 0.601. The van der Waals surface area contributed by atoms with E-state index in [1.54, 1.807) is 13.3 Å². The largest absolute Gasteiger partial charge is 0.481 e. The Morgan fingerprint density at radius 3 is 2.83 bits per heavy atom. The van der Waals surface area contributed by atoms with E-state index in [1.807, 2.05) is 43.5 Å². The van der Waals surface area contributed by atoms with Crippen LogP contribution < -0.4 is 4.74 Å². The van der Waals surface area contributed by atoms with Gasteiger partial charge in [0.25, 0.3) is 0 Å². The van der Waals surface area contributed by atoms with Crippen LogP contribution in [-0.2, 0) is 0 Å². The molecule has 0 amide bonds. The lowest BCUT2D eigenvalue weighted by Gasteiger charge is -2.04. The molecule has 0 unspecified atom stereocenters. The number of methoxy groups -OCH3 is 1. The zero-order valence-electron chi connectivity index (χ0n) is 10.3. The minimum Gasteiger partial charge on any atom is -0.481 e. The van der Waals surface area contributed by atoms with Crippen LogP contribution >= 0.6 is 0 Å². The fourth-order valence-corrected chi connectivity index (χ4v) is 2.11. The number of ether oxygens (including phenoxy) is 1. The van der Waals surface area contributed by atoms with Crippen molar-refractivity contribution in [1.82, 2.24) is 14.4 Å². The van der Waals surface area contributed by atoms with Crippen molar-refractivity contribution in [2.24, 2.45) is 0 Å². The first kappa shape index (κ1) is 10.8. The van der Waals surface area contributed by atoms with Crippen LogP contribution in [0.5, 0.6) is 5.88 Å². The third kappa shape index (κ3) is 1.54. The topological polar surface area (TPSA) is 39.4 Å². The Bertz CT molecular complexity index is 703. The molecule has 0 aliphatic rings. The van der Waals surface area contributed by atoms with Crippen molar-refractivity contribution < 1.29 is 4.74 Å². The van der Waals surface area contributed by atoms with Crippen molar-refractivity contribution in [3.8, 4) is 17.1 Å². The normalized spacial score (nSPS) is 10.8. The standard InChI is InChI=1S/C14H13N3O/c1-10-13(11-6-5-8-15-14(11)18-2)16-12-7-3-4-9-17(10)12/h3-9H,1-2H3. The van der Waals surface area contributed by atoms with E-state index in [1.165, 1.54) is 0 Å². The predicted molar refractivity (Wildman–Crippen MR) is 69.7 cm³/mol. The van der Waals surface area contributed by atoms with Gasteiger partial charge in [-0.3, -0.25) is 0 Å². The van der Waals surface area contributed by atoms with Crippen LogP contribution in [0.25, 0.3) is 16.9 Å². The monoisotopic (exact) mass is 239 g/mol. The molecule has 0 saturated carbocycles. The van der Waals surface area contributed by atoms with E-state index < -0.39 is 0 Å². The summed E-state index contributed by atoms with van der Waals surface area (Å²) < 4.78 is 7.35. The van der Waals surface area contributed by atoms with E-state index in [0.29, 0.717) is 5.88 Å². The minimum absolute atomic E-state index is 0.601. The summed E-state index contributed by atoms with van der Waals surface area (Å²) in [6.45, 7) is 2.04. The van der Waals surface area contributed by atoms with Gasteiger partial charge < -0.3 is 9.14 Å². The maximum absolute atomic E-state index is 5.29. The van der Waals surface area contributed by atoms with Crippen LogP contribution in [0.2, 0.25) is 0 Å². The summed E-state index contributed by atoms with van der Waals surface area (Å²) >= 11 is 0. The highest BCUT2D eigenvalue weighted by Gasteiger charge is 2.14. The molecular formula is C14H13N3O. The summed E-state index contributed by atoms with van der Waals surface area (Å²) in [6, 6.07) is 9.82. The van der Waals surface area contributed by atoms with Gasteiger partial charge in [0, 0.05) is 18.1 Å². The third-order valence-electron chi connectivity index (χ3n) is 2.99. The number of hydrogen-bond acceptors (Lipinski definition) is 3. The zero-order chi connectivity index (χ0) is 12.5. The predicted octanol–water partition coefficient (Wildman–Crippen LogP) is 2.71. The van der Waals surface area contributed by atoms with Crippen molar-refractivity contribution in [2.75, 3.05) is 7.11 Å². The van der Waals surface area contributed by atoms with Crippen molar-refractivity contribution in [2.45, 2.75) is 6.92 Å².